The lowest BCUT2D eigenvalue weighted by Crippen LogP contribution is -2.29. The molecule has 5 heteroatoms. The summed E-state index contributed by atoms with van der Waals surface area (Å²) >= 11 is 1.52. The van der Waals surface area contributed by atoms with E-state index in [0.29, 0.717) is 6.54 Å². The van der Waals surface area contributed by atoms with E-state index in [2.05, 4.69) is 10.3 Å². The first kappa shape index (κ1) is 11.5. The maximum absolute atomic E-state index is 9.91. The van der Waals surface area contributed by atoms with E-state index in [1.807, 2.05) is 12.1 Å². The van der Waals surface area contributed by atoms with Gasteiger partial charge in [-0.3, -0.25) is 0 Å². The van der Waals surface area contributed by atoms with Crippen LogP contribution in [0.15, 0.2) is 23.7 Å². The molecule has 16 heavy (non-hydrogen) atoms. The van der Waals surface area contributed by atoms with Gasteiger partial charge in [-0.1, -0.05) is 6.07 Å². The number of hydrogen-bond donors (Lipinski definition) is 3. The van der Waals surface area contributed by atoms with Crippen molar-refractivity contribution in [2.24, 2.45) is 0 Å². The van der Waals surface area contributed by atoms with E-state index in [1.54, 1.807) is 18.6 Å². The lowest BCUT2D eigenvalue weighted by Gasteiger charge is -2.17. The number of aromatic nitrogens is 1. The number of nitrogens with one attached hydrogen (secondary N) is 1. The Morgan fingerprint density at radius 1 is 1.44 bits per heavy atom. The zero-order valence-electron chi connectivity index (χ0n) is 8.92. The number of nitrogens with zero attached hydrogens (tertiary/aromatic N) is 1. The molecule has 0 spiro atoms. The number of thiazole rings is 1. The number of benzene rings is 1. The van der Waals surface area contributed by atoms with Gasteiger partial charge in [0.25, 0.3) is 0 Å². The van der Waals surface area contributed by atoms with Crippen molar-refractivity contribution in [3.05, 3.63) is 29.3 Å². The van der Waals surface area contributed by atoms with Crippen molar-refractivity contribution in [2.75, 3.05) is 13.6 Å². The Bertz CT molecular complexity index is 472. The minimum atomic E-state index is -0.862. The number of hydrogen-bond acceptors (Lipinski definition) is 5. The Morgan fingerprint density at radius 3 is 3.00 bits per heavy atom. The average molecular weight is 238 g/mol. The van der Waals surface area contributed by atoms with Crippen LogP contribution in [0.25, 0.3) is 10.2 Å². The topological polar surface area (TPSA) is 65.4 Å². The van der Waals surface area contributed by atoms with E-state index in [-0.39, 0.29) is 0 Å². The summed E-state index contributed by atoms with van der Waals surface area (Å²) in [6.45, 7) is 0.363. The second-order valence-electron chi connectivity index (χ2n) is 3.65. The molecule has 1 aromatic heterocycles. The lowest BCUT2D eigenvalue weighted by molar-refractivity contribution is 0.0203. The summed E-state index contributed by atoms with van der Waals surface area (Å²) in [5.74, 6) is 0. The van der Waals surface area contributed by atoms with Crippen molar-refractivity contribution in [3.8, 4) is 0 Å². The largest absolute Gasteiger partial charge is 0.389 e. The predicted octanol–water partition coefficient (Wildman–Crippen LogP) is 0.910. The zero-order chi connectivity index (χ0) is 11.5. The van der Waals surface area contributed by atoms with E-state index in [4.69, 9.17) is 0 Å². The van der Waals surface area contributed by atoms with Crippen LogP contribution in [0.3, 0.4) is 0 Å². The fourth-order valence-electron chi connectivity index (χ4n) is 1.60. The molecule has 0 aliphatic carbocycles. The van der Waals surface area contributed by atoms with Crippen LogP contribution in [0.1, 0.15) is 11.7 Å². The van der Waals surface area contributed by atoms with Gasteiger partial charge in [0, 0.05) is 6.54 Å². The molecule has 0 aliphatic heterocycles. The van der Waals surface area contributed by atoms with E-state index >= 15 is 0 Å². The first-order valence-electron chi connectivity index (χ1n) is 5.06. The first-order valence-corrected chi connectivity index (χ1v) is 5.94. The van der Waals surface area contributed by atoms with Gasteiger partial charge in [-0.15, -0.1) is 11.3 Å². The molecule has 2 aromatic rings. The molecule has 86 valence electrons. The maximum Gasteiger partial charge on any atom is 0.106 e. The molecule has 0 bridgehead atoms. The summed E-state index contributed by atoms with van der Waals surface area (Å²) in [6, 6.07) is 5.53. The smallest absolute Gasteiger partial charge is 0.106 e. The third-order valence-corrected chi connectivity index (χ3v) is 3.27. The first-order chi connectivity index (χ1) is 7.72. The van der Waals surface area contributed by atoms with Crippen LogP contribution in [-0.2, 0) is 0 Å². The molecule has 3 N–H and O–H groups in total. The van der Waals surface area contributed by atoms with Crippen molar-refractivity contribution in [1.82, 2.24) is 10.3 Å². The van der Waals surface area contributed by atoms with E-state index < -0.39 is 12.2 Å². The van der Waals surface area contributed by atoms with E-state index in [1.165, 1.54) is 11.3 Å². The van der Waals surface area contributed by atoms with Crippen LogP contribution < -0.4 is 5.32 Å². The SMILES string of the molecule is CNCC(O)C(O)c1ccc2ncsc2c1. The average Bonchev–Trinajstić information content (AvgIpc) is 2.75. The fourth-order valence-corrected chi connectivity index (χ4v) is 2.32. The van der Waals surface area contributed by atoms with E-state index in [0.717, 1.165) is 15.8 Å². The molecule has 0 amide bonds. The Morgan fingerprint density at radius 2 is 2.25 bits per heavy atom. The molecule has 0 saturated carbocycles. The van der Waals surface area contributed by atoms with Crippen LogP contribution in [0.2, 0.25) is 0 Å². The molecule has 0 saturated heterocycles. The highest BCUT2D eigenvalue weighted by Crippen LogP contribution is 2.24. The number of fused-ring (bicyclic) bond motifs is 1. The van der Waals surface area contributed by atoms with Crippen molar-refractivity contribution < 1.29 is 10.2 Å². The number of aliphatic hydroxyl groups is 2. The van der Waals surface area contributed by atoms with Gasteiger partial charge in [-0.25, -0.2) is 4.98 Å². The Labute approximate surface area is 97.6 Å². The minimum Gasteiger partial charge on any atom is -0.389 e. The zero-order valence-corrected chi connectivity index (χ0v) is 9.74. The van der Waals surface area contributed by atoms with Crippen molar-refractivity contribution >= 4 is 21.6 Å². The van der Waals surface area contributed by atoms with Gasteiger partial charge in [0.2, 0.25) is 0 Å². The molecular formula is C11H14N2O2S. The van der Waals surface area contributed by atoms with Crippen LogP contribution in [-0.4, -0.2) is 34.9 Å². The number of aliphatic hydroxyl groups excluding tert-OH is 2. The van der Waals surface area contributed by atoms with Crippen LogP contribution in [0.5, 0.6) is 0 Å². The Kier molecular flexibility index (Phi) is 3.50. The van der Waals surface area contributed by atoms with Gasteiger partial charge >= 0.3 is 0 Å². The monoisotopic (exact) mass is 238 g/mol. The summed E-state index contributed by atoms with van der Waals surface area (Å²) < 4.78 is 1.02. The second kappa shape index (κ2) is 4.88. The number of rotatable bonds is 4. The van der Waals surface area contributed by atoms with Gasteiger partial charge in [-0.05, 0) is 24.7 Å². The highest BCUT2D eigenvalue weighted by molar-refractivity contribution is 7.16. The summed E-state index contributed by atoms with van der Waals surface area (Å²) in [7, 11) is 1.74. The Balaban J connectivity index is 2.24. The van der Waals surface area contributed by atoms with Gasteiger partial charge < -0.3 is 15.5 Å². The van der Waals surface area contributed by atoms with Gasteiger partial charge in [0.15, 0.2) is 0 Å². The third kappa shape index (κ3) is 2.22. The summed E-state index contributed by atoms with van der Waals surface area (Å²) in [6.07, 6.45) is -1.66. The molecule has 4 nitrogen and oxygen atoms in total. The van der Waals surface area contributed by atoms with Gasteiger partial charge in [-0.2, -0.15) is 0 Å². The summed E-state index contributed by atoms with van der Waals surface area (Å²) in [4.78, 5) is 4.16. The predicted molar refractivity (Wildman–Crippen MR) is 64.5 cm³/mol. The van der Waals surface area contributed by atoms with Crippen LogP contribution >= 0.6 is 11.3 Å². The molecule has 2 rings (SSSR count). The highest BCUT2D eigenvalue weighted by atomic mass is 32.1. The maximum atomic E-state index is 9.91. The summed E-state index contributed by atoms with van der Waals surface area (Å²) in [5, 5.41) is 22.4. The summed E-state index contributed by atoms with van der Waals surface area (Å²) in [5.41, 5.74) is 3.41. The fraction of sp³-hybridized carbons (Fsp3) is 0.364. The third-order valence-electron chi connectivity index (χ3n) is 2.47. The standard InChI is InChI=1S/C11H14N2O2S/c1-12-5-9(14)11(15)7-2-3-8-10(4-7)16-6-13-8/h2-4,6,9,11-12,14-15H,5H2,1H3. The molecular weight excluding hydrogens is 224 g/mol. The lowest BCUT2D eigenvalue weighted by atomic mass is 10.0. The van der Waals surface area contributed by atoms with Crippen LogP contribution in [0.4, 0.5) is 0 Å². The van der Waals surface area contributed by atoms with Gasteiger partial charge in [0.05, 0.1) is 21.8 Å². The quantitative estimate of drug-likeness (QED) is 0.741. The molecule has 2 unspecified atom stereocenters. The van der Waals surface area contributed by atoms with Crippen LogP contribution in [0, 0.1) is 0 Å². The molecule has 0 radical (unpaired) electrons. The van der Waals surface area contributed by atoms with Crippen molar-refractivity contribution in [3.63, 3.8) is 0 Å². The molecule has 0 aliphatic rings. The van der Waals surface area contributed by atoms with Crippen molar-refractivity contribution in [1.29, 1.82) is 0 Å². The molecule has 2 atom stereocenters. The minimum absolute atomic E-state index is 0.363. The normalized spacial score (nSPS) is 15.2. The Hall–Kier alpha value is -1.01. The van der Waals surface area contributed by atoms with E-state index in [9.17, 15) is 10.2 Å². The molecule has 0 fully saturated rings. The molecule has 1 aromatic carbocycles. The second-order valence-corrected chi connectivity index (χ2v) is 4.54. The van der Waals surface area contributed by atoms with Gasteiger partial charge in [0.1, 0.15) is 6.10 Å². The van der Waals surface area contributed by atoms with Crippen molar-refractivity contribution in [2.45, 2.75) is 12.2 Å². The number of likely N-dealkylation sites (N-methyl/N-ethyl adjacent to an activating group) is 1. The highest BCUT2D eigenvalue weighted by Gasteiger charge is 2.17. The molecule has 1 heterocycles.